The van der Waals surface area contributed by atoms with E-state index in [1.165, 1.54) is 40.7 Å². The number of thiophene rings is 1. The summed E-state index contributed by atoms with van der Waals surface area (Å²) in [5, 5.41) is 23.8. The Morgan fingerprint density at radius 3 is 2.69 bits per heavy atom. The molecule has 0 saturated carbocycles. The number of non-ortho nitro benzene ring substituents is 1. The van der Waals surface area contributed by atoms with Gasteiger partial charge in [-0.2, -0.15) is 0 Å². The number of amides is 1. The second-order valence-corrected chi connectivity index (χ2v) is 7.36. The monoisotopic (exact) mass is 410 g/mol. The second-order valence-electron chi connectivity index (χ2n) is 6.33. The molecule has 3 heterocycles. The van der Waals surface area contributed by atoms with E-state index in [0.29, 0.717) is 5.76 Å². The third-order valence-corrected chi connectivity index (χ3v) is 5.45. The van der Waals surface area contributed by atoms with Gasteiger partial charge in [-0.1, -0.05) is 18.2 Å². The van der Waals surface area contributed by atoms with Crippen LogP contribution in [0.1, 0.15) is 22.2 Å². The number of hydrogen-bond donors (Lipinski definition) is 1. The van der Waals surface area contributed by atoms with Crippen LogP contribution in [0.4, 0.5) is 5.69 Å². The van der Waals surface area contributed by atoms with Crippen molar-refractivity contribution in [1.29, 1.82) is 0 Å². The lowest BCUT2D eigenvalue weighted by atomic mass is 9.99. The third-order valence-electron chi connectivity index (χ3n) is 4.59. The molecular formula is C20H14N2O6S. The van der Waals surface area contributed by atoms with Crippen molar-refractivity contribution in [3.05, 3.63) is 92.1 Å². The van der Waals surface area contributed by atoms with Crippen molar-refractivity contribution in [3.8, 4) is 0 Å². The number of aliphatic hydroxyl groups excluding tert-OH is 1. The van der Waals surface area contributed by atoms with E-state index in [1.54, 1.807) is 12.1 Å². The molecule has 2 aromatic heterocycles. The van der Waals surface area contributed by atoms with Gasteiger partial charge in [-0.15, -0.1) is 11.3 Å². The number of nitro groups is 1. The molecule has 1 aliphatic heterocycles. The van der Waals surface area contributed by atoms with Gasteiger partial charge in [-0.05, 0) is 23.6 Å². The van der Waals surface area contributed by atoms with E-state index in [1.807, 2.05) is 17.5 Å². The number of ketones is 1. The number of furan rings is 1. The molecule has 4 rings (SSSR count). The van der Waals surface area contributed by atoms with Gasteiger partial charge in [0.1, 0.15) is 17.6 Å². The van der Waals surface area contributed by atoms with Crippen LogP contribution in [-0.2, 0) is 16.1 Å². The summed E-state index contributed by atoms with van der Waals surface area (Å²) < 4.78 is 5.45. The van der Waals surface area contributed by atoms with Gasteiger partial charge in [0.25, 0.3) is 17.4 Å². The molecule has 1 N–H and O–H groups in total. The summed E-state index contributed by atoms with van der Waals surface area (Å²) in [6.45, 7) is 0.166. The summed E-state index contributed by atoms with van der Waals surface area (Å²) in [5.41, 5.74) is -0.330. The number of hydrogen-bond acceptors (Lipinski definition) is 7. The van der Waals surface area contributed by atoms with Gasteiger partial charge in [-0.3, -0.25) is 19.7 Å². The molecule has 1 aliphatic rings. The van der Waals surface area contributed by atoms with E-state index in [9.17, 15) is 24.8 Å². The minimum absolute atomic E-state index is 0.0740. The number of aliphatic hydroxyl groups is 1. The highest BCUT2D eigenvalue weighted by atomic mass is 32.1. The highest BCUT2D eigenvalue weighted by Crippen LogP contribution is 2.41. The molecule has 1 atom stereocenters. The van der Waals surface area contributed by atoms with Crippen LogP contribution in [-0.4, -0.2) is 26.6 Å². The average molecular weight is 410 g/mol. The summed E-state index contributed by atoms with van der Waals surface area (Å²) in [6, 6.07) is 11.2. The largest absolute Gasteiger partial charge is 0.507 e. The molecule has 29 heavy (non-hydrogen) atoms. The SMILES string of the molecule is O=C1C(=O)N(Cc2cccs2)C(c2ccco2)/C1=C(/O)c1cccc([N+](=O)[O-])c1. The van der Waals surface area contributed by atoms with Crippen LogP contribution < -0.4 is 0 Å². The highest BCUT2D eigenvalue weighted by Gasteiger charge is 2.47. The van der Waals surface area contributed by atoms with Crippen LogP contribution in [0.15, 0.2) is 70.2 Å². The Kier molecular flexibility index (Phi) is 4.73. The summed E-state index contributed by atoms with van der Waals surface area (Å²) in [4.78, 5) is 38.2. The molecule has 146 valence electrons. The van der Waals surface area contributed by atoms with Crippen molar-refractivity contribution in [2.45, 2.75) is 12.6 Å². The first-order chi connectivity index (χ1) is 14.0. The molecule has 1 aromatic carbocycles. The fourth-order valence-electron chi connectivity index (χ4n) is 3.28. The molecule has 0 bridgehead atoms. The van der Waals surface area contributed by atoms with Gasteiger partial charge in [0, 0.05) is 22.6 Å². The van der Waals surface area contributed by atoms with E-state index < -0.39 is 28.4 Å². The maximum Gasteiger partial charge on any atom is 0.296 e. The first-order valence-corrected chi connectivity index (χ1v) is 9.44. The zero-order chi connectivity index (χ0) is 20.5. The van der Waals surface area contributed by atoms with Crippen LogP contribution in [0.5, 0.6) is 0 Å². The zero-order valence-corrected chi connectivity index (χ0v) is 15.7. The Morgan fingerprint density at radius 2 is 2.03 bits per heavy atom. The molecule has 8 nitrogen and oxygen atoms in total. The van der Waals surface area contributed by atoms with Crippen LogP contribution >= 0.6 is 11.3 Å². The van der Waals surface area contributed by atoms with Crippen molar-refractivity contribution >= 4 is 34.5 Å². The van der Waals surface area contributed by atoms with E-state index in [-0.39, 0.29) is 23.4 Å². The lowest BCUT2D eigenvalue weighted by Gasteiger charge is -2.22. The van der Waals surface area contributed by atoms with Crippen molar-refractivity contribution < 1.29 is 24.0 Å². The number of benzene rings is 1. The summed E-state index contributed by atoms with van der Waals surface area (Å²) >= 11 is 1.43. The van der Waals surface area contributed by atoms with Gasteiger partial charge < -0.3 is 14.4 Å². The van der Waals surface area contributed by atoms with E-state index in [0.717, 1.165) is 10.9 Å². The van der Waals surface area contributed by atoms with Crippen molar-refractivity contribution in [1.82, 2.24) is 4.90 Å². The van der Waals surface area contributed by atoms with Crippen molar-refractivity contribution in [3.63, 3.8) is 0 Å². The third kappa shape index (κ3) is 3.32. The number of rotatable bonds is 5. The normalized spacial score (nSPS) is 18.3. The fourth-order valence-corrected chi connectivity index (χ4v) is 3.98. The maximum atomic E-state index is 12.8. The Bertz CT molecular complexity index is 1120. The van der Waals surface area contributed by atoms with Gasteiger partial charge in [0.15, 0.2) is 0 Å². The van der Waals surface area contributed by atoms with E-state index in [4.69, 9.17) is 4.42 Å². The van der Waals surface area contributed by atoms with Crippen LogP contribution in [0.25, 0.3) is 5.76 Å². The molecule has 0 spiro atoms. The topological polar surface area (TPSA) is 114 Å². The lowest BCUT2D eigenvalue weighted by Crippen LogP contribution is -2.28. The number of nitrogens with zero attached hydrogens (tertiary/aromatic N) is 2. The lowest BCUT2D eigenvalue weighted by molar-refractivity contribution is -0.384. The quantitative estimate of drug-likeness (QED) is 0.225. The fraction of sp³-hybridized carbons (Fsp3) is 0.100. The first-order valence-electron chi connectivity index (χ1n) is 8.56. The predicted molar refractivity (Wildman–Crippen MR) is 104 cm³/mol. The van der Waals surface area contributed by atoms with Crippen molar-refractivity contribution in [2.24, 2.45) is 0 Å². The average Bonchev–Trinajstić information content (AvgIpc) is 3.46. The molecule has 0 aliphatic carbocycles. The molecule has 9 heteroatoms. The summed E-state index contributed by atoms with van der Waals surface area (Å²) in [7, 11) is 0. The number of nitro benzene ring substituents is 1. The minimum atomic E-state index is -0.939. The van der Waals surface area contributed by atoms with Gasteiger partial charge in [0.05, 0.1) is 23.3 Å². The maximum absolute atomic E-state index is 12.8. The molecule has 1 unspecified atom stereocenters. The number of Topliss-reactive ketones (excluding diaryl/α,β-unsaturated/α-hetero) is 1. The number of carbonyl (C=O) groups excluding carboxylic acids is 2. The van der Waals surface area contributed by atoms with E-state index >= 15 is 0 Å². The molecule has 1 amide bonds. The van der Waals surface area contributed by atoms with Crippen LogP contribution in [0.3, 0.4) is 0 Å². The molecule has 0 radical (unpaired) electrons. The summed E-state index contributed by atoms with van der Waals surface area (Å²) in [6.07, 6.45) is 1.41. The van der Waals surface area contributed by atoms with Gasteiger partial charge in [-0.25, -0.2) is 0 Å². The highest BCUT2D eigenvalue weighted by molar-refractivity contribution is 7.09. The number of likely N-dealkylation sites (tertiary alicyclic amines) is 1. The molecule has 1 saturated heterocycles. The Morgan fingerprint density at radius 1 is 1.21 bits per heavy atom. The molecular weight excluding hydrogens is 396 g/mol. The zero-order valence-electron chi connectivity index (χ0n) is 14.8. The Hall–Kier alpha value is -3.72. The minimum Gasteiger partial charge on any atom is -0.507 e. The van der Waals surface area contributed by atoms with E-state index in [2.05, 4.69) is 0 Å². The van der Waals surface area contributed by atoms with Gasteiger partial charge >= 0.3 is 0 Å². The Balaban J connectivity index is 1.85. The molecule has 3 aromatic rings. The van der Waals surface area contributed by atoms with Gasteiger partial charge in [0.2, 0.25) is 0 Å². The Labute approximate surface area is 168 Å². The molecule has 1 fully saturated rings. The standard InChI is InChI=1S/C20H14N2O6S/c23-18(12-4-1-5-13(10-12)22(26)27)16-17(15-7-2-8-28-15)21(20(25)19(16)24)11-14-6-3-9-29-14/h1-10,17,23H,11H2/b18-16-. The van der Waals surface area contributed by atoms with Crippen LogP contribution in [0.2, 0.25) is 0 Å². The number of carbonyl (C=O) groups is 2. The van der Waals surface area contributed by atoms with Crippen molar-refractivity contribution in [2.75, 3.05) is 0 Å². The first kappa shape index (κ1) is 18.6. The van der Waals surface area contributed by atoms with Crippen LogP contribution in [0, 0.1) is 10.1 Å². The second kappa shape index (κ2) is 7.36. The smallest absolute Gasteiger partial charge is 0.296 e. The summed E-state index contributed by atoms with van der Waals surface area (Å²) in [5.74, 6) is -1.81. The predicted octanol–water partition coefficient (Wildman–Crippen LogP) is 3.87.